The van der Waals surface area contributed by atoms with E-state index in [4.69, 9.17) is 10.8 Å². The van der Waals surface area contributed by atoms with Crippen molar-refractivity contribution >= 4 is 17.7 Å². The van der Waals surface area contributed by atoms with Crippen molar-refractivity contribution in [2.45, 2.75) is 32.2 Å². The summed E-state index contributed by atoms with van der Waals surface area (Å²) in [5, 5.41) is 13.7. The van der Waals surface area contributed by atoms with Gasteiger partial charge in [-0.1, -0.05) is 17.7 Å². The monoisotopic (exact) mass is 279 g/mol. The molecule has 2 amide bonds. The number of carboxylic acid groups (broad SMARTS) is 1. The normalized spacial score (nSPS) is 11.7. The second-order valence-electron chi connectivity index (χ2n) is 4.64. The Kier molecular flexibility index (Phi) is 6.52. The number of anilines is 1. The molecule has 1 aromatic carbocycles. The molecule has 6 nitrogen and oxygen atoms in total. The lowest BCUT2D eigenvalue weighted by Crippen LogP contribution is -2.43. The summed E-state index contributed by atoms with van der Waals surface area (Å²) in [5.41, 5.74) is 7.13. The number of carbonyl (C=O) groups is 2. The van der Waals surface area contributed by atoms with Crippen LogP contribution in [0.25, 0.3) is 0 Å². The first kappa shape index (κ1) is 16.0. The number of unbranched alkanes of at least 4 members (excludes halogenated alkanes) is 1. The van der Waals surface area contributed by atoms with E-state index in [0.717, 1.165) is 12.0 Å². The molecule has 0 aliphatic carbocycles. The van der Waals surface area contributed by atoms with Gasteiger partial charge in [0.1, 0.15) is 6.04 Å². The van der Waals surface area contributed by atoms with E-state index in [1.807, 2.05) is 19.1 Å². The lowest BCUT2D eigenvalue weighted by Gasteiger charge is -2.16. The van der Waals surface area contributed by atoms with E-state index in [0.29, 0.717) is 25.1 Å². The van der Waals surface area contributed by atoms with E-state index < -0.39 is 12.1 Å². The second kappa shape index (κ2) is 8.16. The van der Waals surface area contributed by atoms with Crippen LogP contribution in [0.15, 0.2) is 24.3 Å². The molecule has 0 aromatic heterocycles. The number of aryl methyl sites for hydroxylation is 1. The predicted octanol–water partition coefficient (Wildman–Crippen LogP) is 1.70. The van der Waals surface area contributed by atoms with Crippen molar-refractivity contribution in [1.82, 2.24) is 5.32 Å². The molecule has 1 atom stereocenters. The summed E-state index contributed by atoms with van der Waals surface area (Å²) in [6.07, 6.45) is 0.682. The van der Waals surface area contributed by atoms with Crippen molar-refractivity contribution in [3.05, 3.63) is 29.8 Å². The Hall–Kier alpha value is -2.08. The van der Waals surface area contributed by atoms with Crippen molar-refractivity contribution in [2.24, 2.45) is 5.73 Å². The molecule has 0 aliphatic heterocycles. The molecule has 0 spiro atoms. The van der Waals surface area contributed by atoms with Crippen LogP contribution in [0, 0.1) is 6.92 Å². The number of hydrogen-bond acceptors (Lipinski definition) is 3. The van der Waals surface area contributed by atoms with Crippen molar-refractivity contribution in [1.29, 1.82) is 0 Å². The summed E-state index contributed by atoms with van der Waals surface area (Å²) in [5.74, 6) is -0.353. The number of rotatable bonds is 7. The van der Waals surface area contributed by atoms with E-state index in [2.05, 4.69) is 10.6 Å². The molecule has 6 heteroatoms. The fraction of sp³-hybridized carbons (Fsp3) is 0.429. The molecule has 0 bridgehead atoms. The van der Waals surface area contributed by atoms with Gasteiger partial charge in [0, 0.05) is 5.69 Å². The second-order valence-corrected chi connectivity index (χ2v) is 4.64. The van der Waals surface area contributed by atoms with Crippen LogP contribution in [-0.2, 0) is 4.79 Å². The van der Waals surface area contributed by atoms with Crippen molar-refractivity contribution in [3.8, 4) is 0 Å². The van der Waals surface area contributed by atoms with E-state index in [-0.39, 0.29) is 5.91 Å². The lowest BCUT2D eigenvalue weighted by molar-refractivity contribution is -0.118. The van der Waals surface area contributed by atoms with E-state index in [1.54, 1.807) is 12.1 Å². The summed E-state index contributed by atoms with van der Waals surface area (Å²) in [6.45, 7) is 2.48. The van der Waals surface area contributed by atoms with E-state index in [1.165, 1.54) is 0 Å². The quantitative estimate of drug-likeness (QED) is 0.570. The van der Waals surface area contributed by atoms with Gasteiger partial charge in [0.2, 0.25) is 5.91 Å². The van der Waals surface area contributed by atoms with Gasteiger partial charge in [0.25, 0.3) is 0 Å². The zero-order valence-corrected chi connectivity index (χ0v) is 11.6. The number of nitrogens with two attached hydrogens (primary N) is 1. The minimum absolute atomic E-state index is 0.353. The Bertz CT molecular complexity index is 445. The van der Waals surface area contributed by atoms with Crippen LogP contribution in [0.2, 0.25) is 0 Å². The summed E-state index contributed by atoms with van der Waals surface area (Å²) in [6, 6.07) is 6.56. The van der Waals surface area contributed by atoms with Gasteiger partial charge in [-0.2, -0.15) is 0 Å². The van der Waals surface area contributed by atoms with Crippen molar-refractivity contribution < 1.29 is 14.7 Å². The van der Waals surface area contributed by atoms with E-state index in [9.17, 15) is 9.59 Å². The van der Waals surface area contributed by atoms with Gasteiger partial charge < -0.3 is 21.5 Å². The van der Waals surface area contributed by atoms with Crippen LogP contribution < -0.4 is 16.4 Å². The molecule has 110 valence electrons. The first-order valence-electron chi connectivity index (χ1n) is 6.60. The van der Waals surface area contributed by atoms with E-state index >= 15 is 0 Å². The third kappa shape index (κ3) is 5.71. The van der Waals surface area contributed by atoms with Gasteiger partial charge in [0.05, 0.1) is 0 Å². The molecule has 1 aromatic rings. The topological polar surface area (TPSA) is 104 Å². The Morgan fingerprint density at radius 3 is 2.45 bits per heavy atom. The highest BCUT2D eigenvalue weighted by molar-refractivity contribution is 5.96. The molecule has 0 saturated carbocycles. The minimum atomic E-state index is -1.21. The van der Waals surface area contributed by atoms with Crippen LogP contribution in [0.1, 0.15) is 24.8 Å². The molecule has 1 rings (SSSR count). The fourth-order valence-electron chi connectivity index (χ4n) is 1.78. The van der Waals surface area contributed by atoms with Gasteiger partial charge in [-0.15, -0.1) is 0 Å². The molecule has 0 unspecified atom stereocenters. The average Bonchev–Trinajstić information content (AvgIpc) is 2.40. The third-order valence-electron chi connectivity index (χ3n) is 2.88. The van der Waals surface area contributed by atoms with Crippen LogP contribution >= 0.6 is 0 Å². The maximum absolute atomic E-state index is 12.1. The maximum Gasteiger partial charge on any atom is 0.405 e. The molecule has 0 aliphatic rings. The molecule has 20 heavy (non-hydrogen) atoms. The molecular formula is C14H21N3O3. The summed E-state index contributed by atoms with van der Waals surface area (Å²) >= 11 is 0. The molecular weight excluding hydrogens is 258 g/mol. The highest BCUT2D eigenvalue weighted by Gasteiger charge is 2.20. The Balaban J connectivity index is 2.61. The lowest BCUT2D eigenvalue weighted by atomic mass is 10.1. The largest absolute Gasteiger partial charge is 0.465 e. The number of carbonyl (C=O) groups excluding carboxylic acids is 1. The smallest absolute Gasteiger partial charge is 0.405 e. The van der Waals surface area contributed by atoms with Gasteiger partial charge in [-0.3, -0.25) is 4.79 Å². The average molecular weight is 279 g/mol. The summed E-state index contributed by atoms with van der Waals surface area (Å²) in [4.78, 5) is 22.8. The first-order chi connectivity index (χ1) is 9.52. The highest BCUT2D eigenvalue weighted by atomic mass is 16.4. The number of amides is 2. The first-order valence-corrected chi connectivity index (χ1v) is 6.60. The molecule has 0 fully saturated rings. The van der Waals surface area contributed by atoms with Crippen LogP contribution in [0.4, 0.5) is 10.5 Å². The summed E-state index contributed by atoms with van der Waals surface area (Å²) in [7, 11) is 0. The minimum Gasteiger partial charge on any atom is -0.465 e. The van der Waals surface area contributed by atoms with Crippen LogP contribution in [0.3, 0.4) is 0 Å². The standard InChI is InChI=1S/C14H21N3O3/c1-10-5-7-11(8-6-10)16-13(18)12(17-14(19)20)4-2-3-9-15/h5-8,12,17H,2-4,9,15H2,1H3,(H,16,18)(H,19,20)/t12-/m0/s1. The summed E-state index contributed by atoms with van der Waals surface area (Å²) < 4.78 is 0. The van der Waals surface area contributed by atoms with Crippen molar-refractivity contribution in [2.75, 3.05) is 11.9 Å². The Morgan fingerprint density at radius 2 is 1.90 bits per heavy atom. The van der Waals surface area contributed by atoms with Gasteiger partial charge in [-0.05, 0) is 44.9 Å². The third-order valence-corrected chi connectivity index (χ3v) is 2.88. The van der Waals surface area contributed by atoms with Crippen LogP contribution in [0.5, 0.6) is 0 Å². The number of nitrogens with one attached hydrogen (secondary N) is 2. The number of hydrogen-bond donors (Lipinski definition) is 4. The van der Waals surface area contributed by atoms with Gasteiger partial charge >= 0.3 is 6.09 Å². The zero-order valence-electron chi connectivity index (χ0n) is 11.6. The maximum atomic E-state index is 12.1. The molecule has 5 N–H and O–H groups in total. The van der Waals surface area contributed by atoms with Gasteiger partial charge in [-0.25, -0.2) is 4.79 Å². The zero-order chi connectivity index (χ0) is 15.0. The predicted molar refractivity (Wildman–Crippen MR) is 77.7 cm³/mol. The number of benzene rings is 1. The van der Waals surface area contributed by atoms with Crippen molar-refractivity contribution in [3.63, 3.8) is 0 Å². The Morgan fingerprint density at radius 1 is 1.25 bits per heavy atom. The van der Waals surface area contributed by atoms with Gasteiger partial charge in [0.15, 0.2) is 0 Å². The van der Waals surface area contributed by atoms with Crippen LogP contribution in [-0.4, -0.2) is 29.7 Å². The SMILES string of the molecule is Cc1ccc(NC(=O)[C@H](CCCCN)NC(=O)O)cc1. The molecule has 0 radical (unpaired) electrons. The fourth-order valence-corrected chi connectivity index (χ4v) is 1.78. The molecule has 0 saturated heterocycles. The molecule has 0 heterocycles. The highest BCUT2D eigenvalue weighted by Crippen LogP contribution is 2.10. The Labute approximate surface area is 118 Å².